The van der Waals surface area contributed by atoms with E-state index in [2.05, 4.69) is 182 Å². The highest BCUT2D eigenvalue weighted by Crippen LogP contribution is 2.37. The van der Waals surface area contributed by atoms with Gasteiger partial charge in [0.15, 0.2) is 0 Å². The number of halogens is 4. The van der Waals surface area contributed by atoms with Crippen LogP contribution in [0.4, 0.5) is 125 Å². The fourth-order valence-corrected chi connectivity index (χ4v) is 14.8. The molecule has 0 spiro atoms. The zero-order valence-corrected chi connectivity index (χ0v) is 75.1. The van der Waals surface area contributed by atoms with Gasteiger partial charge in [-0.1, -0.05) is 128 Å². The van der Waals surface area contributed by atoms with Crippen molar-refractivity contribution in [3.8, 4) is 0 Å². The van der Waals surface area contributed by atoms with E-state index in [1.165, 1.54) is 42.9 Å². The number of anilines is 21. The number of rotatable bonds is 27. The molecule has 6 heterocycles. The van der Waals surface area contributed by atoms with Gasteiger partial charge in [0, 0.05) is 138 Å². The molecule has 0 atom stereocenters. The highest BCUT2D eigenvalue weighted by Gasteiger charge is 2.26. The van der Waals surface area contributed by atoms with Crippen LogP contribution in [-0.4, -0.2) is 180 Å². The summed E-state index contributed by atoms with van der Waals surface area (Å²) in [4.78, 5) is 118. The number of carbonyl (C=O) groups is 6. The van der Waals surface area contributed by atoms with Crippen molar-refractivity contribution in [1.82, 2.24) is 44.6 Å². The molecular formula is C96H100Cl3FN24O6. The second kappa shape index (κ2) is 44.2. The van der Waals surface area contributed by atoms with Gasteiger partial charge in [0.25, 0.3) is 17.7 Å². The van der Waals surface area contributed by atoms with E-state index in [4.69, 9.17) is 34.8 Å². The molecule has 3 fully saturated rings. The molecule has 0 aliphatic carbocycles. The molecule has 130 heavy (non-hydrogen) atoms. The maximum atomic E-state index is 15.1. The van der Waals surface area contributed by atoms with Gasteiger partial charge in [0.1, 0.15) is 40.0 Å². The average Bonchev–Trinajstić information content (AvgIpc) is 0.798. The third-order valence-corrected chi connectivity index (χ3v) is 22.5. The van der Waals surface area contributed by atoms with Gasteiger partial charge in [-0.05, 0) is 192 Å². The highest BCUT2D eigenvalue weighted by atomic mass is 35.5. The lowest BCUT2D eigenvalue weighted by Gasteiger charge is -2.34. The lowest BCUT2D eigenvalue weighted by Crippen LogP contribution is -2.44. The van der Waals surface area contributed by atoms with Crippen LogP contribution >= 0.6 is 34.8 Å². The molecule has 12 N–H and O–H groups in total. The van der Waals surface area contributed by atoms with Crippen molar-refractivity contribution in [2.75, 3.05) is 178 Å². The number of carbonyl (C=O) groups excluding carboxylic acids is 6. The topological polar surface area (TPSA) is 344 Å². The summed E-state index contributed by atoms with van der Waals surface area (Å²) in [5, 5.41) is 37.0. The molecule has 0 bridgehead atoms. The molecule has 12 aromatic rings. The van der Waals surface area contributed by atoms with Crippen LogP contribution in [0.1, 0.15) is 61.1 Å². The van der Waals surface area contributed by atoms with E-state index in [0.717, 1.165) is 135 Å². The van der Waals surface area contributed by atoms with Gasteiger partial charge in [-0.3, -0.25) is 28.8 Å². The first kappa shape index (κ1) is 93.1. The van der Waals surface area contributed by atoms with Gasteiger partial charge in [-0.25, -0.2) is 19.3 Å². The van der Waals surface area contributed by atoms with E-state index in [1.54, 1.807) is 61.5 Å². The molecule has 0 saturated carbocycles. The molecule has 3 aliphatic rings. The van der Waals surface area contributed by atoms with Crippen LogP contribution < -0.4 is 78.5 Å². The predicted molar refractivity (Wildman–Crippen MR) is 523 cm³/mol. The molecule has 30 nitrogen and oxygen atoms in total. The second-order valence-electron chi connectivity index (χ2n) is 30.8. The van der Waals surface area contributed by atoms with Crippen LogP contribution in [0.25, 0.3) is 0 Å². The van der Waals surface area contributed by atoms with Gasteiger partial charge >= 0.3 is 0 Å². The summed E-state index contributed by atoms with van der Waals surface area (Å²) in [6.07, 6.45) is 6.83. The predicted octanol–water partition coefficient (Wildman–Crippen LogP) is 18.5. The third-order valence-electron chi connectivity index (χ3n) is 21.5. The van der Waals surface area contributed by atoms with Crippen molar-refractivity contribution in [2.24, 2.45) is 0 Å². The number of amides is 6. The second-order valence-corrected chi connectivity index (χ2v) is 32.1. The summed E-state index contributed by atoms with van der Waals surface area (Å²) < 4.78 is 15.1. The Morgan fingerprint density at radius 3 is 1.08 bits per heavy atom. The van der Waals surface area contributed by atoms with Crippen LogP contribution in [-0.2, 0) is 14.4 Å². The normalized spacial score (nSPS) is 13.3. The van der Waals surface area contributed by atoms with Crippen LogP contribution in [0.15, 0.2) is 238 Å². The minimum absolute atomic E-state index is 0.00188. The molecule has 3 aromatic heterocycles. The summed E-state index contributed by atoms with van der Waals surface area (Å²) in [5.74, 6) is -1.92. The van der Waals surface area contributed by atoms with Gasteiger partial charge in [-0.15, -0.1) is 0 Å². The first-order valence-corrected chi connectivity index (χ1v) is 43.1. The fourth-order valence-electron chi connectivity index (χ4n) is 14.0. The minimum atomic E-state index is -0.673. The molecule has 3 aliphatic heterocycles. The number of hydrogen-bond donors (Lipinski definition) is 12. The van der Waals surface area contributed by atoms with E-state index in [1.807, 2.05) is 118 Å². The summed E-state index contributed by atoms with van der Waals surface area (Å²) in [5.41, 5.74) is 12.2. The quantitative estimate of drug-likeness (QED) is 0.0213. The third kappa shape index (κ3) is 24.8. The minimum Gasteiger partial charge on any atom is -0.369 e. The Morgan fingerprint density at radius 2 is 0.700 bits per heavy atom. The van der Waals surface area contributed by atoms with E-state index in [9.17, 15) is 28.8 Å². The fraction of sp³-hybridized carbons (Fsp3) is 0.208. The molecule has 3 saturated heterocycles. The van der Waals surface area contributed by atoms with Crippen LogP contribution in [0.3, 0.4) is 0 Å². The van der Waals surface area contributed by atoms with Crippen molar-refractivity contribution < 1.29 is 33.2 Å². The van der Waals surface area contributed by atoms with Gasteiger partial charge < -0.3 is 93.2 Å². The number of nitrogens with zero attached hydrogens (tertiary/aromatic N) is 12. The Kier molecular flexibility index (Phi) is 31.7. The smallest absolute Gasteiger partial charge is 0.261 e. The molecule has 34 heteroatoms. The van der Waals surface area contributed by atoms with Crippen molar-refractivity contribution in [3.05, 3.63) is 292 Å². The Morgan fingerprint density at radius 1 is 0.362 bits per heavy atom. The first-order valence-electron chi connectivity index (χ1n) is 42.0. The zero-order valence-electron chi connectivity index (χ0n) is 72.8. The maximum Gasteiger partial charge on any atom is 0.261 e. The van der Waals surface area contributed by atoms with E-state index in [0.29, 0.717) is 67.2 Å². The monoisotopic (exact) mass is 1810 g/mol. The number of para-hydroxylation sites is 8. The Labute approximate surface area is 768 Å². The molecule has 9 aromatic carbocycles. The van der Waals surface area contributed by atoms with Crippen molar-refractivity contribution in [2.45, 2.75) is 34.1 Å². The van der Waals surface area contributed by atoms with E-state index in [-0.39, 0.29) is 69.2 Å². The number of nitrogens with one attached hydrogen (secondary N) is 12. The van der Waals surface area contributed by atoms with Crippen LogP contribution in [0, 0.1) is 26.6 Å². The number of aryl methyl sites for hydroxylation is 3. The molecule has 6 amide bonds. The Balaban J connectivity index is 0.000000166. The average molecular weight is 1810 g/mol. The van der Waals surface area contributed by atoms with Gasteiger partial charge in [0.05, 0.1) is 66.3 Å². The molecular weight excluding hydrogens is 1710 g/mol. The lowest BCUT2D eigenvalue weighted by atomic mass is 10.2. The van der Waals surface area contributed by atoms with Crippen LogP contribution in [0.5, 0.6) is 0 Å². The van der Waals surface area contributed by atoms with Gasteiger partial charge in [-0.2, -0.15) is 15.0 Å². The lowest BCUT2D eigenvalue weighted by molar-refractivity contribution is -0.116. The number of piperazine rings is 3. The largest absolute Gasteiger partial charge is 0.369 e. The van der Waals surface area contributed by atoms with Crippen molar-refractivity contribution >= 4 is 191 Å². The number of aromatic nitrogens is 6. The summed E-state index contributed by atoms with van der Waals surface area (Å²) in [6.45, 7) is 26.1. The summed E-state index contributed by atoms with van der Waals surface area (Å²) in [6, 6.07) is 58.7. The standard InChI is InChI=1S/C32H32ClFN8O2.C32H33ClN8O2.C32H35ClN8O2/c1-4-27(43)37-26-10-6-9-25(34)29(26)38-30-23(31(44)39-28-20(2)7-5-8-24(28)33)19-35-32(40-30)36-21-11-13-22(14-12-21)42-17-15-41(3)16-18-42;1-4-28(42)36-26-13-5-6-14-27(26)37-30-24(31(43)38-29-21(2)9-7-12-25(29)33)20-34-32(39-30)35-22-10-8-11-23(19-22)41-17-15-40(3)16-18-41;1-4-28(42)36-26-10-5-6-11-27(26)37-30-24(31(43)38-29-21(2)8-7-9-25(29)33)20-34-32(39-30)35-22-12-14-23(15-13-22)41-18-16-40(3)17-19-41/h4-14,19H,1,15-18H2,2-3H3,(H,37,43)(H,39,44)(H2,35,36,38,40);4-14,19-20H,1,15-18H2,2-3H3,(H,36,42)(H,38,43)(H2,34,35,37,39);5-15,20H,4,16-19H2,1-3H3,(H,36,42)(H,38,43)(H2,34,35,37,39). The van der Waals surface area contributed by atoms with E-state index < -0.39 is 29.4 Å². The van der Waals surface area contributed by atoms with Crippen LogP contribution in [0.2, 0.25) is 15.1 Å². The van der Waals surface area contributed by atoms with Gasteiger partial charge in [0.2, 0.25) is 35.6 Å². The Bertz CT molecular complexity index is 6050. The molecule has 0 unspecified atom stereocenters. The summed E-state index contributed by atoms with van der Waals surface area (Å²) >= 11 is 19.1. The Hall–Kier alpha value is -14.6. The highest BCUT2D eigenvalue weighted by molar-refractivity contribution is 6.35. The molecule has 668 valence electrons. The summed E-state index contributed by atoms with van der Waals surface area (Å²) in [7, 11) is 6.38. The number of hydrogen-bond acceptors (Lipinski definition) is 24. The number of benzene rings is 9. The zero-order chi connectivity index (χ0) is 91.9. The molecule has 15 rings (SSSR count). The SMILES string of the molecule is C=CC(=O)Nc1cccc(F)c1Nc1nc(Nc2ccc(N3CCN(C)CC3)cc2)ncc1C(=O)Nc1c(C)cccc1Cl.C=CC(=O)Nc1ccccc1Nc1nc(Nc2cccc(N3CCN(C)CC3)c2)ncc1C(=O)Nc1c(C)cccc1Cl.CCC(=O)Nc1ccccc1Nc1nc(Nc2ccc(N3CCN(C)CC3)cc2)ncc1C(=O)Nc1c(C)cccc1Cl. The van der Waals surface area contributed by atoms with E-state index >= 15 is 4.39 Å². The van der Waals surface area contributed by atoms with Crippen molar-refractivity contribution in [1.29, 1.82) is 0 Å². The number of likely N-dealkylation sites (N-methyl/N-ethyl adjacent to an activating group) is 3. The maximum absolute atomic E-state index is 15.1. The molecule has 0 radical (unpaired) electrons. The van der Waals surface area contributed by atoms with Crippen molar-refractivity contribution in [3.63, 3.8) is 0 Å². The first-order chi connectivity index (χ1) is 62.8.